The van der Waals surface area contributed by atoms with Gasteiger partial charge in [-0.1, -0.05) is 0 Å². The Morgan fingerprint density at radius 3 is 2.29 bits per heavy atom. The summed E-state index contributed by atoms with van der Waals surface area (Å²) in [4.78, 5) is 11.8. The molecule has 0 unspecified atom stereocenters. The van der Waals surface area contributed by atoms with Crippen molar-refractivity contribution < 1.29 is 27.1 Å². The number of alkyl halides is 2. The summed E-state index contributed by atoms with van der Waals surface area (Å²) in [6, 6.07) is 7.57. The summed E-state index contributed by atoms with van der Waals surface area (Å²) < 4.78 is 54.2. The fourth-order valence-electron chi connectivity index (χ4n) is 1.57. The lowest BCUT2D eigenvalue weighted by Gasteiger charge is -2.08. The Morgan fingerprint density at radius 2 is 1.71 bits per heavy atom. The normalized spacial score (nSPS) is 10.5. The minimum atomic E-state index is -2.96. The number of halogens is 4. The van der Waals surface area contributed by atoms with Crippen LogP contribution >= 0.6 is 0 Å². The van der Waals surface area contributed by atoms with E-state index in [1.54, 1.807) is 0 Å². The van der Waals surface area contributed by atoms with Gasteiger partial charge in [0, 0.05) is 11.6 Å². The van der Waals surface area contributed by atoms with E-state index in [0.717, 1.165) is 12.1 Å². The third-order valence-corrected chi connectivity index (χ3v) is 2.52. The van der Waals surface area contributed by atoms with Gasteiger partial charge in [0.1, 0.15) is 17.4 Å². The molecule has 0 aliphatic rings. The van der Waals surface area contributed by atoms with Crippen molar-refractivity contribution in [1.29, 1.82) is 0 Å². The van der Waals surface area contributed by atoms with Crippen LogP contribution in [0.3, 0.4) is 0 Å². The Hall–Kier alpha value is -2.57. The van der Waals surface area contributed by atoms with E-state index in [-0.39, 0.29) is 17.0 Å². The highest BCUT2D eigenvalue weighted by molar-refractivity contribution is 6.04. The first-order valence-corrected chi connectivity index (χ1v) is 5.77. The van der Waals surface area contributed by atoms with E-state index in [1.807, 2.05) is 0 Å². The third-order valence-electron chi connectivity index (χ3n) is 2.52. The third kappa shape index (κ3) is 3.95. The van der Waals surface area contributed by atoms with E-state index in [1.165, 1.54) is 24.3 Å². The zero-order valence-electron chi connectivity index (χ0n) is 10.4. The van der Waals surface area contributed by atoms with Crippen molar-refractivity contribution in [1.82, 2.24) is 0 Å². The molecule has 0 spiro atoms. The number of rotatable bonds is 4. The van der Waals surface area contributed by atoms with Crippen LogP contribution in [0.4, 0.5) is 23.2 Å². The number of anilines is 1. The van der Waals surface area contributed by atoms with E-state index < -0.39 is 24.2 Å². The van der Waals surface area contributed by atoms with E-state index >= 15 is 0 Å². The van der Waals surface area contributed by atoms with Gasteiger partial charge in [-0.05, 0) is 36.4 Å². The van der Waals surface area contributed by atoms with E-state index in [0.29, 0.717) is 6.07 Å². The molecule has 0 radical (unpaired) electrons. The van der Waals surface area contributed by atoms with Crippen molar-refractivity contribution in [2.24, 2.45) is 0 Å². The molecule has 0 aliphatic carbocycles. The van der Waals surface area contributed by atoms with E-state index in [9.17, 15) is 22.4 Å². The van der Waals surface area contributed by atoms with Crippen LogP contribution in [0.15, 0.2) is 42.5 Å². The Morgan fingerprint density at radius 1 is 1.05 bits per heavy atom. The number of carbonyl (C=O) groups is 1. The number of benzene rings is 2. The predicted octanol–water partition coefficient (Wildman–Crippen LogP) is 3.82. The van der Waals surface area contributed by atoms with Crippen LogP contribution in [-0.4, -0.2) is 12.5 Å². The Bertz CT molecular complexity index is 644. The second kappa shape index (κ2) is 6.25. The molecule has 0 atom stereocenters. The monoisotopic (exact) mass is 299 g/mol. The highest BCUT2D eigenvalue weighted by atomic mass is 19.3. The highest BCUT2D eigenvalue weighted by Gasteiger charge is 2.11. The fourth-order valence-corrected chi connectivity index (χ4v) is 1.57. The largest absolute Gasteiger partial charge is 0.435 e. The molecule has 110 valence electrons. The summed E-state index contributed by atoms with van der Waals surface area (Å²) >= 11 is 0. The summed E-state index contributed by atoms with van der Waals surface area (Å²) in [6.07, 6.45) is 0. The van der Waals surface area contributed by atoms with Gasteiger partial charge in [0.2, 0.25) is 0 Å². The average molecular weight is 299 g/mol. The zero-order valence-corrected chi connectivity index (χ0v) is 10.4. The van der Waals surface area contributed by atoms with Crippen LogP contribution in [0.1, 0.15) is 10.4 Å². The molecule has 0 aliphatic heterocycles. The number of nitrogens with one attached hydrogen (secondary N) is 1. The predicted molar refractivity (Wildman–Crippen MR) is 67.4 cm³/mol. The van der Waals surface area contributed by atoms with Crippen LogP contribution in [0.25, 0.3) is 0 Å². The standard InChI is InChI=1S/C14H9F4NO2/c15-9-3-6-12(11(16)7-9)19-13(20)8-1-4-10(5-2-8)21-14(17)18/h1-7,14H,(H,19,20). The van der Waals surface area contributed by atoms with Gasteiger partial charge >= 0.3 is 6.61 Å². The maximum atomic E-state index is 13.4. The Balaban J connectivity index is 2.09. The molecule has 0 heterocycles. The quantitative estimate of drug-likeness (QED) is 0.872. The van der Waals surface area contributed by atoms with Crippen molar-refractivity contribution in [3.05, 3.63) is 59.7 Å². The first kappa shape index (κ1) is 14.8. The van der Waals surface area contributed by atoms with Crippen LogP contribution < -0.4 is 10.1 Å². The van der Waals surface area contributed by atoms with Crippen molar-refractivity contribution >= 4 is 11.6 Å². The molecule has 7 heteroatoms. The second-order valence-corrected chi connectivity index (χ2v) is 3.98. The molecule has 21 heavy (non-hydrogen) atoms. The molecule has 0 saturated heterocycles. The van der Waals surface area contributed by atoms with Gasteiger partial charge in [-0.25, -0.2) is 8.78 Å². The number of carbonyl (C=O) groups excluding carboxylic acids is 1. The summed E-state index contributed by atoms with van der Waals surface area (Å²) in [5, 5.41) is 2.24. The topological polar surface area (TPSA) is 38.3 Å². The maximum Gasteiger partial charge on any atom is 0.387 e. The molecule has 0 saturated carbocycles. The molecular formula is C14H9F4NO2. The van der Waals surface area contributed by atoms with Crippen LogP contribution in [-0.2, 0) is 0 Å². The molecule has 1 amide bonds. The van der Waals surface area contributed by atoms with Crippen molar-refractivity contribution in [2.75, 3.05) is 5.32 Å². The lowest BCUT2D eigenvalue weighted by Crippen LogP contribution is -2.13. The summed E-state index contributed by atoms with van der Waals surface area (Å²) in [6.45, 7) is -2.96. The first-order chi connectivity index (χ1) is 9.95. The molecule has 0 fully saturated rings. The number of ether oxygens (including phenoxy) is 1. The highest BCUT2D eigenvalue weighted by Crippen LogP contribution is 2.18. The molecule has 2 aromatic carbocycles. The van der Waals surface area contributed by atoms with Gasteiger partial charge < -0.3 is 10.1 Å². The van der Waals surface area contributed by atoms with Crippen molar-refractivity contribution in [2.45, 2.75) is 6.61 Å². The van der Waals surface area contributed by atoms with Gasteiger partial charge in [0.15, 0.2) is 0 Å². The molecule has 2 aromatic rings. The van der Waals surface area contributed by atoms with Crippen molar-refractivity contribution in [3.63, 3.8) is 0 Å². The molecular weight excluding hydrogens is 290 g/mol. The summed E-state index contributed by atoms with van der Waals surface area (Å²) in [5.41, 5.74) is -0.0744. The van der Waals surface area contributed by atoms with E-state index in [2.05, 4.69) is 10.1 Å². The van der Waals surface area contributed by atoms with Crippen molar-refractivity contribution in [3.8, 4) is 5.75 Å². The average Bonchev–Trinajstić information content (AvgIpc) is 2.42. The second-order valence-electron chi connectivity index (χ2n) is 3.98. The molecule has 3 nitrogen and oxygen atoms in total. The van der Waals surface area contributed by atoms with Gasteiger partial charge in [0.05, 0.1) is 5.69 Å². The van der Waals surface area contributed by atoms with Crippen LogP contribution in [0.2, 0.25) is 0 Å². The van der Waals surface area contributed by atoms with Gasteiger partial charge in [0.25, 0.3) is 5.91 Å². The molecule has 2 rings (SSSR count). The summed E-state index contributed by atoms with van der Waals surface area (Å²) in [5.74, 6) is -2.45. The Labute approximate surface area is 117 Å². The lowest BCUT2D eigenvalue weighted by molar-refractivity contribution is -0.0498. The molecule has 0 bridgehead atoms. The minimum Gasteiger partial charge on any atom is -0.435 e. The number of hydrogen-bond acceptors (Lipinski definition) is 2. The maximum absolute atomic E-state index is 13.4. The number of amides is 1. The Kier molecular flexibility index (Phi) is 4.42. The van der Waals surface area contributed by atoms with E-state index in [4.69, 9.17) is 0 Å². The lowest BCUT2D eigenvalue weighted by atomic mass is 10.2. The van der Waals surface area contributed by atoms with Crippen LogP contribution in [0, 0.1) is 11.6 Å². The zero-order chi connectivity index (χ0) is 15.4. The number of hydrogen-bond donors (Lipinski definition) is 1. The molecule has 0 aromatic heterocycles. The van der Waals surface area contributed by atoms with Gasteiger partial charge in [-0.2, -0.15) is 8.78 Å². The fraction of sp³-hybridized carbons (Fsp3) is 0.0714. The minimum absolute atomic E-state index is 0.102. The van der Waals surface area contributed by atoms with Crippen LogP contribution in [0.5, 0.6) is 5.75 Å². The smallest absolute Gasteiger partial charge is 0.387 e. The SMILES string of the molecule is O=C(Nc1ccc(F)cc1F)c1ccc(OC(F)F)cc1. The first-order valence-electron chi connectivity index (χ1n) is 5.77. The van der Waals surface area contributed by atoms with Gasteiger partial charge in [-0.15, -0.1) is 0 Å². The molecule has 1 N–H and O–H groups in total. The summed E-state index contributed by atoms with van der Waals surface area (Å²) in [7, 11) is 0. The van der Waals surface area contributed by atoms with Gasteiger partial charge in [-0.3, -0.25) is 4.79 Å².